The Morgan fingerprint density at radius 2 is 2.16 bits per heavy atom. The molecule has 0 bridgehead atoms. The Balaban J connectivity index is 2.00. The molecule has 0 saturated heterocycles. The minimum absolute atomic E-state index is 0.618. The maximum absolute atomic E-state index is 5.85. The van der Waals surface area contributed by atoms with E-state index in [-0.39, 0.29) is 0 Å². The number of aryl methyl sites for hydroxylation is 1. The van der Waals surface area contributed by atoms with Crippen molar-refractivity contribution in [2.75, 3.05) is 13.7 Å². The second-order valence-corrected chi connectivity index (χ2v) is 4.71. The molecule has 0 radical (unpaired) electrons. The molecule has 0 N–H and O–H groups in total. The number of halogens is 1. The van der Waals surface area contributed by atoms with Crippen molar-refractivity contribution < 1.29 is 9.47 Å². The van der Waals surface area contributed by atoms with Crippen LogP contribution in [0.4, 0.5) is 0 Å². The summed E-state index contributed by atoms with van der Waals surface area (Å²) in [6.45, 7) is 0.618. The van der Waals surface area contributed by atoms with E-state index in [1.54, 1.807) is 13.3 Å². The second-order valence-electron chi connectivity index (χ2n) is 4.15. The van der Waals surface area contributed by atoms with Gasteiger partial charge in [-0.1, -0.05) is 22.0 Å². The minimum atomic E-state index is 0.618. The number of benzene rings is 1. The Morgan fingerprint density at radius 1 is 1.32 bits per heavy atom. The van der Waals surface area contributed by atoms with Crippen LogP contribution in [0, 0.1) is 0 Å². The van der Waals surface area contributed by atoms with Crippen LogP contribution in [-0.4, -0.2) is 23.5 Å². The van der Waals surface area contributed by atoms with Gasteiger partial charge in [0, 0.05) is 42.3 Å². The fourth-order valence-corrected chi connectivity index (χ4v) is 2.28. The van der Waals surface area contributed by atoms with Gasteiger partial charge in [-0.3, -0.25) is 4.68 Å². The normalized spacial score (nSPS) is 10.5. The Bertz CT molecular complexity index is 540. The molecular weight excluding hydrogens is 308 g/mol. The third kappa shape index (κ3) is 3.50. The number of hydrogen-bond acceptors (Lipinski definition) is 3. The molecule has 0 amide bonds. The lowest BCUT2D eigenvalue weighted by Gasteiger charge is -2.11. The summed E-state index contributed by atoms with van der Waals surface area (Å²) in [5.74, 6) is 1.67. The largest absolute Gasteiger partial charge is 0.497 e. The van der Waals surface area contributed by atoms with Crippen molar-refractivity contribution in [3.8, 4) is 11.5 Å². The van der Waals surface area contributed by atoms with Gasteiger partial charge in [0.25, 0.3) is 0 Å². The third-order valence-electron chi connectivity index (χ3n) is 2.96. The van der Waals surface area contributed by atoms with Gasteiger partial charge in [0.2, 0.25) is 0 Å². The van der Waals surface area contributed by atoms with E-state index < -0.39 is 0 Å². The van der Waals surface area contributed by atoms with E-state index in [2.05, 4.69) is 21.0 Å². The third-order valence-corrected chi connectivity index (χ3v) is 3.56. The van der Waals surface area contributed by atoms with Gasteiger partial charge >= 0.3 is 0 Å². The number of nitrogens with zero attached hydrogens (tertiary/aromatic N) is 2. The highest BCUT2D eigenvalue weighted by Crippen LogP contribution is 2.26. The standard InChI is InChI=1S/C14H17BrN2O2/c1-17-12(5-7-16-17)6-8-19-14-9-13(18-2)4-3-11(14)10-15/h3-5,7,9H,6,8,10H2,1-2H3. The van der Waals surface area contributed by atoms with Crippen molar-refractivity contribution in [2.45, 2.75) is 11.8 Å². The van der Waals surface area contributed by atoms with E-state index in [1.165, 1.54) is 0 Å². The lowest BCUT2D eigenvalue weighted by molar-refractivity contribution is 0.313. The van der Waals surface area contributed by atoms with Gasteiger partial charge < -0.3 is 9.47 Å². The molecule has 1 aromatic heterocycles. The minimum Gasteiger partial charge on any atom is -0.497 e. The molecule has 0 aliphatic carbocycles. The summed E-state index contributed by atoms with van der Waals surface area (Å²) in [7, 11) is 3.59. The molecule has 0 saturated carbocycles. The predicted molar refractivity (Wildman–Crippen MR) is 78.0 cm³/mol. The van der Waals surface area contributed by atoms with Gasteiger partial charge in [-0.15, -0.1) is 0 Å². The van der Waals surface area contributed by atoms with E-state index in [1.807, 2.05) is 36.0 Å². The summed E-state index contributed by atoms with van der Waals surface area (Å²) in [6.07, 6.45) is 2.63. The number of alkyl halides is 1. The number of hydrogen-bond donors (Lipinski definition) is 0. The summed E-state index contributed by atoms with van der Waals surface area (Å²) in [4.78, 5) is 0. The SMILES string of the molecule is COc1ccc(CBr)c(OCCc2ccnn2C)c1. The number of rotatable bonds is 6. The van der Waals surface area contributed by atoms with Crippen LogP contribution in [0.15, 0.2) is 30.5 Å². The smallest absolute Gasteiger partial charge is 0.127 e. The average Bonchev–Trinajstić information content (AvgIpc) is 2.84. The predicted octanol–water partition coefficient (Wildman–Crippen LogP) is 2.95. The molecule has 0 aliphatic heterocycles. The van der Waals surface area contributed by atoms with E-state index in [4.69, 9.17) is 9.47 Å². The maximum Gasteiger partial charge on any atom is 0.127 e. The average molecular weight is 325 g/mol. The molecule has 0 aliphatic rings. The second kappa shape index (κ2) is 6.61. The molecule has 0 unspecified atom stereocenters. The van der Waals surface area contributed by atoms with Crippen LogP contribution < -0.4 is 9.47 Å². The molecule has 1 heterocycles. The first-order chi connectivity index (χ1) is 9.24. The lowest BCUT2D eigenvalue weighted by atomic mass is 10.2. The molecular formula is C14H17BrN2O2. The fraction of sp³-hybridized carbons (Fsp3) is 0.357. The Hall–Kier alpha value is -1.49. The van der Waals surface area contributed by atoms with Gasteiger partial charge in [-0.2, -0.15) is 5.10 Å². The summed E-state index contributed by atoms with van der Waals surface area (Å²) in [5.41, 5.74) is 2.27. The van der Waals surface area contributed by atoms with E-state index in [0.29, 0.717) is 6.61 Å². The van der Waals surface area contributed by atoms with Crippen LogP contribution in [0.1, 0.15) is 11.3 Å². The van der Waals surface area contributed by atoms with E-state index >= 15 is 0 Å². The van der Waals surface area contributed by atoms with Crippen LogP contribution in [-0.2, 0) is 18.8 Å². The molecule has 2 aromatic rings. The van der Waals surface area contributed by atoms with Gasteiger partial charge in [-0.05, 0) is 12.1 Å². The monoisotopic (exact) mass is 324 g/mol. The summed E-state index contributed by atoms with van der Waals surface area (Å²) >= 11 is 3.46. The van der Waals surface area contributed by atoms with Crippen molar-refractivity contribution >= 4 is 15.9 Å². The summed E-state index contributed by atoms with van der Waals surface area (Å²) < 4.78 is 12.9. The highest BCUT2D eigenvalue weighted by atomic mass is 79.9. The molecule has 2 rings (SSSR count). The lowest BCUT2D eigenvalue weighted by Crippen LogP contribution is -2.07. The zero-order valence-electron chi connectivity index (χ0n) is 11.1. The number of methoxy groups -OCH3 is 1. The molecule has 0 fully saturated rings. The topological polar surface area (TPSA) is 36.3 Å². The highest BCUT2D eigenvalue weighted by molar-refractivity contribution is 9.08. The molecule has 4 nitrogen and oxygen atoms in total. The van der Waals surface area contributed by atoms with Gasteiger partial charge in [0.1, 0.15) is 11.5 Å². The molecule has 5 heteroatoms. The van der Waals surface area contributed by atoms with Crippen molar-refractivity contribution in [1.82, 2.24) is 9.78 Å². The van der Waals surface area contributed by atoms with Crippen LogP contribution >= 0.6 is 15.9 Å². The zero-order valence-corrected chi connectivity index (χ0v) is 12.7. The molecule has 0 atom stereocenters. The fourth-order valence-electron chi connectivity index (χ4n) is 1.82. The van der Waals surface area contributed by atoms with Crippen LogP contribution in [0.5, 0.6) is 11.5 Å². The first-order valence-corrected chi connectivity index (χ1v) is 7.19. The van der Waals surface area contributed by atoms with E-state index in [9.17, 15) is 0 Å². The van der Waals surface area contributed by atoms with E-state index in [0.717, 1.165) is 34.5 Å². The highest BCUT2D eigenvalue weighted by Gasteiger charge is 2.06. The number of ether oxygens (including phenoxy) is 2. The molecule has 102 valence electrons. The van der Waals surface area contributed by atoms with Gasteiger partial charge in [0.15, 0.2) is 0 Å². The number of aromatic nitrogens is 2. The summed E-state index contributed by atoms with van der Waals surface area (Å²) in [5, 5.41) is 4.90. The Kier molecular flexibility index (Phi) is 4.85. The molecule has 0 spiro atoms. The van der Waals surface area contributed by atoms with Crippen LogP contribution in [0.2, 0.25) is 0 Å². The zero-order chi connectivity index (χ0) is 13.7. The Labute approximate surface area is 121 Å². The van der Waals surface area contributed by atoms with Crippen LogP contribution in [0.3, 0.4) is 0 Å². The van der Waals surface area contributed by atoms with Crippen LogP contribution in [0.25, 0.3) is 0 Å². The molecule has 19 heavy (non-hydrogen) atoms. The first-order valence-electron chi connectivity index (χ1n) is 6.07. The summed E-state index contributed by atoms with van der Waals surface area (Å²) in [6, 6.07) is 7.86. The van der Waals surface area contributed by atoms with Crippen molar-refractivity contribution in [3.05, 3.63) is 41.7 Å². The van der Waals surface area contributed by atoms with Gasteiger partial charge in [0.05, 0.1) is 13.7 Å². The Morgan fingerprint density at radius 3 is 2.79 bits per heavy atom. The van der Waals surface area contributed by atoms with Crippen molar-refractivity contribution in [1.29, 1.82) is 0 Å². The molecule has 1 aromatic carbocycles. The maximum atomic E-state index is 5.85. The first kappa shape index (κ1) is 13.9. The van der Waals surface area contributed by atoms with Crippen molar-refractivity contribution in [2.24, 2.45) is 7.05 Å². The van der Waals surface area contributed by atoms with Gasteiger partial charge in [-0.25, -0.2) is 0 Å². The van der Waals surface area contributed by atoms with Crippen molar-refractivity contribution in [3.63, 3.8) is 0 Å². The quantitative estimate of drug-likeness (QED) is 0.766.